The molecule has 2 amide bonds. The molecule has 0 aromatic heterocycles. The van der Waals surface area contributed by atoms with Gasteiger partial charge in [0.25, 0.3) is 0 Å². The van der Waals surface area contributed by atoms with E-state index in [9.17, 15) is 14.4 Å². The molecule has 6 heteroatoms. The molecular weight excluding hydrogens is 274 g/mol. The van der Waals surface area contributed by atoms with Crippen LogP contribution in [0.4, 0.5) is 5.69 Å². The van der Waals surface area contributed by atoms with Crippen molar-refractivity contribution in [3.63, 3.8) is 0 Å². The molecule has 2 rings (SSSR count). The lowest BCUT2D eigenvalue weighted by molar-refractivity contribution is -0.121. The lowest BCUT2D eigenvalue weighted by atomic mass is 10.3. The number of thioether (sulfide) groups is 1. The molecule has 1 atom stereocenters. The van der Waals surface area contributed by atoms with Crippen LogP contribution >= 0.6 is 23.4 Å². The highest BCUT2D eigenvalue weighted by atomic mass is 35.5. The summed E-state index contributed by atoms with van der Waals surface area (Å²) in [6.07, 6.45) is 0.0612. The predicted molar refractivity (Wildman–Crippen MR) is 70.6 cm³/mol. The van der Waals surface area contributed by atoms with Crippen LogP contribution in [0, 0.1) is 0 Å². The van der Waals surface area contributed by atoms with E-state index >= 15 is 0 Å². The first-order chi connectivity index (χ1) is 8.49. The summed E-state index contributed by atoms with van der Waals surface area (Å²) in [6.45, 7) is 1.38. The van der Waals surface area contributed by atoms with Crippen LogP contribution in [0.1, 0.15) is 13.3 Å². The molecule has 0 spiro atoms. The van der Waals surface area contributed by atoms with Crippen molar-refractivity contribution >= 4 is 46.0 Å². The van der Waals surface area contributed by atoms with Crippen molar-refractivity contribution in [1.82, 2.24) is 0 Å². The lowest BCUT2D eigenvalue weighted by Crippen LogP contribution is -2.31. The van der Waals surface area contributed by atoms with Gasteiger partial charge >= 0.3 is 0 Å². The molecule has 1 aliphatic heterocycles. The van der Waals surface area contributed by atoms with Gasteiger partial charge in [-0.3, -0.25) is 14.4 Å². The van der Waals surface area contributed by atoms with E-state index in [2.05, 4.69) is 0 Å². The first kappa shape index (κ1) is 13.1. The Morgan fingerprint density at radius 2 is 1.94 bits per heavy atom. The van der Waals surface area contributed by atoms with E-state index in [1.807, 2.05) is 0 Å². The van der Waals surface area contributed by atoms with Gasteiger partial charge in [0.1, 0.15) is 5.25 Å². The van der Waals surface area contributed by atoms with Crippen molar-refractivity contribution in [2.24, 2.45) is 0 Å². The molecule has 18 heavy (non-hydrogen) atoms. The van der Waals surface area contributed by atoms with Gasteiger partial charge in [-0.1, -0.05) is 23.4 Å². The molecule has 0 unspecified atom stereocenters. The van der Waals surface area contributed by atoms with Gasteiger partial charge in [0.2, 0.25) is 11.8 Å². The average Bonchev–Trinajstić information content (AvgIpc) is 2.55. The molecule has 1 aromatic carbocycles. The number of carbonyl (C=O) groups is 3. The Kier molecular flexibility index (Phi) is 3.73. The molecule has 1 aliphatic rings. The molecule has 4 nitrogen and oxygen atoms in total. The molecule has 1 aromatic rings. The second-order valence-corrected chi connectivity index (χ2v) is 5.66. The van der Waals surface area contributed by atoms with Crippen molar-refractivity contribution in [1.29, 1.82) is 0 Å². The Hall–Kier alpha value is -1.33. The summed E-state index contributed by atoms with van der Waals surface area (Å²) < 4.78 is 0. The molecule has 0 radical (unpaired) electrons. The number of amides is 2. The second-order valence-electron chi connectivity index (χ2n) is 3.85. The molecule has 0 aliphatic carbocycles. The Bertz CT molecular complexity index is 515. The van der Waals surface area contributed by atoms with Gasteiger partial charge in [0.05, 0.1) is 5.69 Å². The summed E-state index contributed by atoms with van der Waals surface area (Å²) in [5, 5.41) is -0.239. The summed E-state index contributed by atoms with van der Waals surface area (Å²) in [4.78, 5) is 36.0. The van der Waals surface area contributed by atoms with E-state index in [0.717, 1.165) is 16.7 Å². The van der Waals surface area contributed by atoms with Crippen molar-refractivity contribution in [2.45, 2.75) is 18.6 Å². The van der Waals surface area contributed by atoms with Crippen LogP contribution in [0.25, 0.3) is 0 Å². The third-order valence-electron chi connectivity index (χ3n) is 2.50. The van der Waals surface area contributed by atoms with Crippen LogP contribution in [0.2, 0.25) is 5.02 Å². The number of imide groups is 1. The zero-order valence-electron chi connectivity index (χ0n) is 9.55. The molecule has 1 fully saturated rings. The van der Waals surface area contributed by atoms with Crippen LogP contribution < -0.4 is 4.90 Å². The Balaban J connectivity index is 2.24. The third-order valence-corrected chi connectivity index (χ3v) is 3.74. The summed E-state index contributed by atoms with van der Waals surface area (Å²) in [6, 6.07) is 6.45. The van der Waals surface area contributed by atoms with Gasteiger partial charge in [-0.05, 0) is 24.3 Å². The number of carbonyl (C=O) groups excluding carboxylic acids is 3. The quantitative estimate of drug-likeness (QED) is 0.781. The lowest BCUT2D eigenvalue weighted by Gasteiger charge is -2.14. The van der Waals surface area contributed by atoms with E-state index in [-0.39, 0.29) is 23.4 Å². The van der Waals surface area contributed by atoms with E-state index in [1.165, 1.54) is 6.92 Å². The smallest absolute Gasteiger partial charge is 0.247 e. The van der Waals surface area contributed by atoms with Crippen molar-refractivity contribution < 1.29 is 14.4 Å². The third kappa shape index (κ3) is 2.57. The van der Waals surface area contributed by atoms with Crippen LogP contribution in [-0.4, -0.2) is 22.2 Å². The van der Waals surface area contributed by atoms with E-state index in [4.69, 9.17) is 11.6 Å². The Morgan fingerprint density at radius 3 is 2.50 bits per heavy atom. The number of hydrogen-bond acceptors (Lipinski definition) is 4. The number of benzene rings is 1. The van der Waals surface area contributed by atoms with Crippen LogP contribution in [0.5, 0.6) is 0 Å². The molecule has 1 saturated heterocycles. The SMILES string of the molecule is CC(=O)S[C@@H]1CC(=O)N(c2ccc(Cl)cc2)C1=O. The number of anilines is 1. The maximum atomic E-state index is 12.0. The zero-order valence-corrected chi connectivity index (χ0v) is 11.1. The van der Waals surface area contributed by atoms with E-state index < -0.39 is 5.25 Å². The standard InChI is InChI=1S/C12H10ClNO3S/c1-7(15)18-10-6-11(16)14(12(10)17)9-4-2-8(13)3-5-9/h2-5,10H,6H2,1H3/t10-/m1/s1. The zero-order chi connectivity index (χ0) is 13.3. The highest BCUT2D eigenvalue weighted by Crippen LogP contribution is 2.30. The fraction of sp³-hybridized carbons (Fsp3) is 0.250. The van der Waals surface area contributed by atoms with Gasteiger partial charge in [-0.25, -0.2) is 4.90 Å². The number of halogens is 1. The molecule has 1 heterocycles. The minimum atomic E-state index is -0.606. The fourth-order valence-corrected chi connectivity index (χ4v) is 2.72. The molecule has 94 valence electrons. The topological polar surface area (TPSA) is 54.5 Å². The molecular formula is C12H10ClNO3S. The minimum Gasteiger partial charge on any atom is -0.288 e. The number of rotatable bonds is 2. The van der Waals surface area contributed by atoms with Gasteiger partial charge in [0, 0.05) is 18.4 Å². The van der Waals surface area contributed by atoms with Gasteiger partial charge < -0.3 is 0 Å². The van der Waals surface area contributed by atoms with Crippen molar-refractivity contribution in [3.05, 3.63) is 29.3 Å². The normalized spacial score (nSPS) is 19.4. The summed E-state index contributed by atoms with van der Waals surface area (Å²) in [7, 11) is 0. The average molecular weight is 284 g/mol. The summed E-state index contributed by atoms with van der Waals surface area (Å²) >= 11 is 6.65. The minimum absolute atomic E-state index is 0.0612. The maximum Gasteiger partial charge on any atom is 0.247 e. The van der Waals surface area contributed by atoms with Gasteiger partial charge in [-0.15, -0.1) is 0 Å². The van der Waals surface area contributed by atoms with E-state index in [0.29, 0.717) is 10.7 Å². The Labute approximate surface area is 113 Å². The maximum absolute atomic E-state index is 12.0. The number of hydrogen-bond donors (Lipinski definition) is 0. The highest BCUT2D eigenvalue weighted by Gasteiger charge is 2.40. The molecule has 0 N–H and O–H groups in total. The monoisotopic (exact) mass is 283 g/mol. The molecule has 0 saturated carbocycles. The number of nitrogens with zero attached hydrogens (tertiary/aromatic N) is 1. The van der Waals surface area contributed by atoms with Crippen LogP contribution in [0.15, 0.2) is 24.3 Å². The largest absolute Gasteiger partial charge is 0.288 e. The van der Waals surface area contributed by atoms with Crippen LogP contribution in [-0.2, 0) is 14.4 Å². The molecule has 0 bridgehead atoms. The summed E-state index contributed by atoms with van der Waals surface area (Å²) in [5.74, 6) is -0.636. The van der Waals surface area contributed by atoms with E-state index in [1.54, 1.807) is 24.3 Å². The Morgan fingerprint density at radius 1 is 1.33 bits per heavy atom. The van der Waals surface area contributed by atoms with Crippen molar-refractivity contribution in [3.8, 4) is 0 Å². The first-order valence-electron chi connectivity index (χ1n) is 5.28. The summed E-state index contributed by atoms with van der Waals surface area (Å²) in [5.41, 5.74) is 0.487. The van der Waals surface area contributed by atoms with Crippen LogP contribution in [0.3, 0.4) is 0 Å². The highest BCUT2D eigenvalue weighted by molar-refractivity contribution is 8.14. The predicted octanol–water partition coefficient (Wildman–Crippen LogP) is 2.25. The second kappa shape index (κ2) is 5.12. The fourth-order valence-electron chi connectivity index (χ4n) is 1.76. The van der Waals surface area contributed by atoms with Crippen molar-refractivity contribution in [2.75, 3.05) is 4.90 Å². The van der Waals surface area contributed by atoms with Gasteiger partial charge in [-0.2, -0.15) is 0 Å². The van der Waals surface area contributed by atoms with Gasteiger partial charge in [0.15, 0.2) is 5.12 Å². The first-order valence-corrected chi connectivity index (χ1v) is 6.54.